The lowest BCUT2D eigenvalue weighted by molar-refractivity contribution is 0.0526. The lowest BCUT2D eigenvalue weighted by Crippen LogP contribution is -2.32. The summed E-state index contributed by atoms with van der Waals surface area (Å²) in [7, 11) is 1.60. The third-order valence-corrected chi connectivity index (χ3v) is 4.85. The number of ether oxygens (including phenoxy) is 2. The van der Waals surface area contributed by atoms with Crippen molar-refractivity contribution in [3.63, 3.8) is 0 Å². The number of benzene rings is 2. The number of rotatable bonds is 6. The molecular formula is C23H21N3O4. The van der Waals surface area contributed by atoms with Crippen LogP contribution in [0.15, 0.2) is 66.9 Å². The highest BCUT2D eigenvalue weighted by Gasteiger charge is 2.39. The maximum Gasteiger partial charge on any atom is 0.338 e. The standard InChI is InChI=1S/C23H21N3O4/c1-3-30-23(28)15-6-8-16(9-7-15)25-21-20-19(5-4-14-24-20)22(27)26(21)17-10-12-18(29-2)13-11-17/h4-14,21,25H,3H2,1-2H3/t21-/m1/s1. The highest BCUT2D eigenvalue weighted by molar-refractivity contribution is 6.11. The number of hydrogen-bond acceptors (Lipinski definition) is 6. The van der Waals surface area contributed by atoms with Crippen LogP contribution < -0.4 is 15.0 Å². The normalized spacial score (nSPS) is 14.9. The highest BCUT2D eigenvalue weighted by atomic mass is 16.5. The molecule has 4 rings (SSSR count). The molecular weight excluding hydrogens is 382 g/mol. The molecule has 3 aromatic rings. The topological polar surface area (TPSA) is 80.8 Å². The third-order valence-electron chi connectivity index (χ3n) is 4.85. The maximum atomic E-state index is 13.1. The molecule has 0 radical (unpaired) electrons. The first kappa shape index (κ1) is 19.4. The van der Waals surface area contributed by atoms with Crippen molar-refractivity contribution in [2.24, 2.45) is 0 Å². The average Bonchev–Trinajstić information content (AvgIpc) is 3.06. The molecule has 1 atom stereocenters. The van der Waals surface area contributed by atoms with Crippen molar-refractivity contribution >= 4 is 23.3 Å². The van der Waals surface area contributed by atoms with E-state index in [1.165, 1.54) is 0 Å². The lowest BCUT2D eigenvalue weighted by Gasteiger charge is -2.26. The Balaban J connectivity index is 1.66. The summed E-state index contributed by atoms with van der Waals surface area (Å²) in [5, 5.41) is 3.36. The summed E-state index contributed by atoms with van der Waals surface area (Å²) < 4.78 is 10.2. The molecule has 1 aromatic heterocycles. The molecule has 0 saturated heterocycles. The molecule has 30 heavy (non-hydrogen) atoms. The molecule has 1 amide bonds. The van der Waals surface area contributed by atoms with Gasteiger partial charge in [-0.1, -0.05) is 0 Å². The number of nitrogens with zero attached hydrogens (tertiary/aromatic N) is 2. The number of nitrogens with one attached hydrogen (secondary N) is 1. The number of aromatic nitrogens is 1. The van der Waals surface area contributed by atoms with Gasteiger partial charge >= 0.3 is 5.97 Å². The molecule has 0 saturated carbocycles. The quantitative estimate of drug-likeness (QED) is 0.626. The van der Waals surface area contributed by atoms with E-state index >= 15 is 0 Å². The molecule has 2 aromatic carbocycles. The lowest BCUT2D eigenvalue weighted by atomic mass is 10.2. The van der Waals surface area contributed by atoms with Gasteiger partial charge in [0.2, 0.25) is 0 Å². The van der Waals surface area contributed by atoms with Crippen LogP contribution >= 0.6 is 0 Å². The molecule has 1 aliphatic heterocycles. The van der Waals surface area contributed by atoms with Crippen LogP contribution in [0.3, 0.4) is 0 Å². The Morgan fingerprint density at radius 1 is 1.10 bits per heavy atom. The fraction of sp³-hybridized carbons (Fsp3) is 0.174. The monoisotopic (exact) mass is 403 g/mol. The molecule has 7 heteroatoms. The van der Waals surface area contributed by atoms with Gasteiger partial charge in [-0.3, -0.25) is 14.7 Å². The van der Waals surface area contributed by atoms with E-state index in [9.17, 15) is 9.59 Å². The van der Waals surface area contributed by atoms with Crippen molar-refractivity contribution in [3.05, 3.63) is 83.7 Å². The van der Waals surface area contributed by atoms with Crippen LogP contribution in [0.2, 0.25) is 0 Å². The van der Waals surface area contributed by atoms with Crippen molar-refractivity contribution in [2.45, 2.75) is 13.1 Å². The van der Waals surface area contributed by atoms with Crippen LogP contribution in [0.4, 0.5) is 11.4 Å². The number of methoxy groups -OCH3 is 1. The number of esters is 1. The molecule has 0 fully saturated rings. The van der Waals surface area contributed by atoms with Crippen molar-refractivity contribution in [3.8, 4) is 5.75 Å². The van der Waals surface area contributed by atoms with E-state index in [0.29, 0.717) is 29.2 Å². The van der Waals surface area contributed by atoms with Gasteiger partial charge in [-0.2, -0.15) is 0 Å². The van der Waals surface area contributed by atoms with Crippen LogP contribution in [0.25, 0.3) is 0 Å². The van der Waals surface area contributed by atoms with E-state index in [1.54, 1.807) is 61.5 Å². The second-order valence-electron chi connectivity index (χ2n) is 6.65. The smallest absolute Gasteiger partial charge is 0.338 e. The first-order chi connectivity index (χ1) is 14.6. The number of anilines is 2. The summed E-state index contributed by atoms with van der Waals surface area (Å²) in [5.74, 6) is 0.205. The molecule has 0 bridgehead atoms. The number of hydrogen-bond donors (Lipinski definition) is 1. The van der Waals surface area contributed by atoms with Gasteiger partial charge in [0.05, 0.1) is 30.5 Å². The molecule has 1 aliphatic rings. The van der Waals surface area contributed by atoms with Gasteiger partial charge in [-0.25, -0.2) is 4.79 Å². The van der Waals surface area contributed by atoms with Crippen LogP contribution in [0, 0.1) is 0 Å². The summed E-state index contributed by atoms with van der Waals surface area (Å²) >= 11 is 0. The Labute approximate surface area is 174 Å². The highest BCUT2D eigenvalue weighted by Crippen LogP contribution is 2.37. The average molecular weight is 403 g/mol. The second-order valence-corrected chi connectivity index (χ2v) is 6.65. The summed E-state index contributed by atoms with van der Waals surface area (Å²) in [6, 6.07) is 17.7. The molecule has 1 N–H and O–H groups in total. The van der Waals surface area contributed by atoms with Crippen molar-refractivity contribution < 1.29 is 19.1 Å². The van der Waals surface area contributed by atoms with Gasteiger partial charge in [0.15, 0.2) is 6.17 Å². The van der Waals surface area contributed by atoms with Gasteiger partial charge in [0.25, 0.3) is 5.91 Å². The molecule has 0 spiro atoms. The Morgan fingerprint density at radius 2 is 1.83 bits per heavy atom. The number of carbonyl (C=O) groups excluding carboxylic acids is 2. The molecule has 2 heterocycles. The fourth-order valence-electron chi connectivity index (χ4n) is 3.40. The minimum Gasteiger partial charge on any atom is -0.497 e. The van der Waals surface area contributed by atoms with Gasteiger partial charge in [0.1, 0.15) is 5.75 Å². The minimum atomic E-state index is -0.490. The van der Waals surface area contributed by atoms with E-state index in [4.69, 9.17) is 9.47 Å². The number of fused-ring (bicyclic) bond motifs is 1. The molecule has 0 aliphatic carbocycles. The Hall–Kier alpha value is -3.87. The van der Waals surface area contributed by atoms with Gasteiger partial charge < -0.3 is 14.8 Å². The van der Waals surface area contributed by atoms with Crippen LogP contribution in [-0.2, 0) is 4.74 Å². The molecule has 152 valence electrons. The number of pyridine rings is 1. The second kappa shape index (κ2) is 8.24. The minimum absolute atomic E-state index is 0.135. The zero-order chi connectivity index (χ0) is 21.1. The third kappa shape index (κ3) is 3.57. The summed E-state index contributed by atoms with van der Waals surface area (Å²) in [5.41, 5.74) is 3.13. The van der Waals surface area contributed by atoms with Crippen molar-refractivity contribution in [1.82, 2.24) is 4.98 Å². The first-order valence-electron chi connectivity index (χ1n) is 9.58. The van der Waals surface area contributed by atoms with Gasteiger partial charge in [-0.05, 0) is 67.6 Å². The molecule has 7 nitrogen and oxygen atoms in total. The van der Waals surface area contributed by atoms with E-state index in [0.717, 1.165) is 11.4 Å². The Morgan fingerprint density at radius 3 is 2.50 bits per heavy atom. The van der Waals surface area contributed by atoms with Crippen LogP contribution in [0.1, 0.15) is 39.5 Å². The summed E-state index contributed by atoms with van der Waals surface area (Å²) in [6.07, 6.45) is 1.18. The van der Waals surface area contributed by atoms with Crippen molar-refractivity contribution in [1.29, 1.82) is 0 Å². The predicted molar refractivity (Wildman–Crippen MR) is 113 cm³/mol. The van der Waals surface area contributed by atoms with E-state index in [1.807, 2.05) is 24.3 Å². The first-order valence-corrected chi connectivity index (χ1v) is 9.58. The van der Waals surface area contributed by atoms with Crippen LogP contribution in [0.5, 0.6) is 5.75 Å². The number of carbonyl (C=O) groups is 2. The predicted octanol–water partition coefficient (Wildman–Crippen LogP) is 4.04. The van der Waals surface area contributed by atoms with E-state index in [2.05, 4.69) is 10.3 Å². The van der Waals surface area contributed by atoms with Crippen molar-refractivity contribution in [2.75, 3.05) is 23.9 Å². The zero-order valence-electron chi connectivity index (χ0n) is 16.7. The van der Waals surface area contributed by atoms with E-state index in [-0.39, 0.29) is 11.9 Å². The Kier molecular flexibility index (Phi) is 5.34. The van der Waals surface area contributed by atoms with E-state index < -0.39 is 6.17 Å². The zero-order valence-corrected chi connectivity index (χ0v) is 16.7. The largest absolute Gasteiger partial charge is 0.497 e. The van der Waals surface area contributed by atoms with Gasteiger partial charge in [0, 0.05) is 17.6 Å². The maximum absolute atomic E-state index is 13.1. The Bertz CT molecular complexity index is 1060. The van der Waals surface area contributed by atoms with Gasteiger partial charge in [-0.15, -0.1) is 0 Å². The van der Waals surface area contributed by atoms with Crippen LogP contribution in [-0.4, -0.2) is 30.6 Å². The summed E-state index contributed by atoms with van der Waals surface area (Å²) in [6.45, 7) is 2.09. The fourth-order valence-corrected chi connectivity index (χ4v) is 3.40. The number of amides is 1. The SMILES string of the molecule is CCOC(=O)c1ccc(N[C@H]2c3ncccc3C(=O)N2c2ccc(OC)cc2)cc1. The molecule has 0 unspecified atom stereocenters. The summed E-state index contributed by atoms with van der Waals surface area (Å²) in [4.78, 5) is 31.1.